The molecule has 148 valence electrons. The summed E-state index contributed by atoms with van der Waals surface area (Å²) in [5.74, 6) is 0. The molecule has 0 saturated carbocycles. The van der Waals surface area contributed by atoms with E-state index < -0.39 is 26.1 Å². The highest BCUT2D eigenvalue weighted by atomic mass is 35.5. The van der Waals surface area contributed by atoms with Crippen LogP contribution in [-0.2, 0) is 0 Å². The topological polar surface area (TPSA) is 142 Å². The fourth-order valence-electron chi connectivity index (χ4n) is 3.33. The van der Waals surface area contributed by atoms with Gasteiger partial charge in [0.2, 0.25) is 0 Å². The van der Waals surface area contributed by atoms with Gasteiger partial charge < -0.3 is 0 Å². The molecule has 3 aromatic rings. The van der Waals surface area contributed by atoms with Crippen molar-refractivity contribution in [3.8, 4) is 11.1 Å². The monoisotopic (exact) mass is 424 g/mol. The summed E-state index contributed by atoms with van der Waals surface area (Å²) < 4.78 is 0. The van der Waals surface area contributed by atoms with Gasteiger partial charge in [-0.25, -0.2) is 4.99 Å². The second-order valence-corrected chi connectivity index (χ2v) is 6.77. The summed E-state index contributed by atoms with van der Waals surface area (Å²) in [6.45, 7) is 0. The van der Waals surface area contributed by atoms with Gasteiger partial charge in [-0.15, -0.1) is 0 Å². The van der Waals surface area contributed by atoms with Crippen LogP contribution in [0.5, 0.6) is 0 Å². The molecule has 0 fully saturated rings. The van der Waals surface area contributed by atoms with Crippen molar-refractivity contribution in [1.29, 1.82) is 0 Å². The molecule has 0 radical (unpaired) electrons. The molecule has 3 aromatic carbocycles. The van der Waals surface area contributed by atoms with Gasteiger partial charge in [0.1, 0.15) is 0 Å². The minimum atomic E-state index is -0.740. The molecule has 0 amide bonds. The van der Waals surface area contributed by atoms with Crippen molar-refractivity contribution in [3.05, 3.63) is 101 Å². The van der Waals surface area contributed by atoms with E-state index in [-0.39, 0.29) is 28.1 Å². The summed E-state index contributed by atoms with van der Waals surface area (Å²) in [5, 5.41) is 34.6. The molecular formula is C19H9ClN4O6. The average molecular weight is 425 g/mol. The van der Waals surface area contributed by atoms with Gasteiger partial charge in [0, 0.05) is 34.3 Å². The second-order valence-electron chi connectivity index (χ2n) is 6.33. The number of hydrogen-bond donors (Lipinski definition) is 0. The van der Waals surface area contributed by atoms with E-state index in [1.165, 1.54) is 30.3 Å². The van der Waals surface area contributed by atoms with E-state index in [1.807, 2.05) is 0 Å². The van der Waals surface area contributed by atoms with Gasteiger partial charge in [-0.2, -0.15) is 0 Å². The minimum absolute atomic E-state index is 0.122. The maximum absolute atomic E-state index is 11.6. The lowest BCUT2D eigenvalue weighted by atomic mass is 10.0. The van der Waals surface area contributed by atoms with Crippen LogP contribution in [0.4, 0.5) is 22.7 Å². The van der Waals surface area contributed by atoms with E-state index in [9.17, 15) is 30.3 Å². The first-order valence-corrected chi connectivity index (χ1v) is 8.74. The fraction of sp³-hybridized carbons (Fsp3) is 0. The Morgan fingerprint density at radius 2 is 1.43 bits per heavy atom. The molecule has 11 heteroatoms. The molecule has 1 aliphatic carbocycles. The van der Waals surface area contributed by atoms with Gasteiger partial charge in [-0.1, -0.05) is 17.7 Å². The lowest BCUT2D eigenvalue weighted by Gasteiger charge is -2.03. The van der Waals surface area contributed by atoms with E-state index in [0.29, 0.717) is 16.3 Å². The van der Waals surface area contributed by atoms with Crippen molar-refractivity contribution in [2.45, 2.75) is 0 Å². The van der Waals surface area contributed by atoms with Crippen LogP contribution in [-0.4, -0.2) is 20.5 Å². The van der Waals surface area contributed by atoms with Gasteiger partial charge >= 0.3 is 0 Å². The van der Waals surface area contributed by atoms with Crippen LogP contribution >= 0.6 is 11.6 Å². The molecule has 0 spiro atoms. The van der Waals surface area contributed by atoms with Crippen molar-refractivity contribution < 1.29 is 14.8 Å². The molecular weight excluding hydrogens is 416 g/mol. The number of aliphatic imine (C=N–C) groups is 1. The number of benzene rings is 3. The summed E-state index contributed by atoms with van der Waals surface area (Å²) in [4.78, 5) is 36.6. The van der Waals surface area contributed by atoms with E-state index in [2.05, 4.69) is 4.99 Å². The van der Waals surface area contributed by atoms with Crippen molar-refractivity contribution in [2.24, 2.45) is 4.99 Å². The van der Waals surface area contributed by atoms with E-state index in [4.69, 9.17) is 11.6 Å². The van der Waals surface area contributed by atoms with Crippen LogP contribution in [0.3, 0.4) is 0 Å². The van der Waals surface area contributed by atoms with Gasteiger partial charge in [-0.05, 0) is 29.8 Å². The molecule has 0 unspecified atom stereocenters. The van der Waals surface area contributed by atoms with Crippen molar-refractivity contribution in [2.75, 3.05) is 0 Å². The lowest BCUT2D eigenvalue weighted by molar-refractivity contribution is -0.393. The third-order valence-electron chi connectivity index (χ3n) is 4.55. The molecule has 0 bridgehead atoms. The zero-order valence-electron chi connectivity index (χ0n) is 14.8. The normalized spacial score (nSPS) is 13.0. The van der Waals surface area contributed by atoms with Gasteiger partial charge in [0.15, 0.2) is 0 Å². The molecule has 0 N–H and O–H groups in total. The standard InChI is InChI=1S/C19H9ClN4O6/c20-10-2-1-3-11(6-10)21-19-15-7-12(22(25)26)4-5-14(15)18-16(19)8-13(23(27)28)9-17(18)24(29)30/h1-9H/b21-19+. The lowest BCUT2D eigenvalue weighted by Crippen LogP contribution is -2.01. The highest BCUT2D eigenvalue weighted by molar-refractivity contribution is 6.31. The molecule has 1 aliphatic rings. The molecule has 10 nitrogen and oxygen atoms in total. The summed E-state index contributed by atoms with van der Waals surface area (Å²) in [6.07, 6.45) is 0. The third-order valence-corrected chi connectivity index (χ3v) is 4.79. The fourth-order valence-corrected chi connectivity index (χ4v) is 3.52. The first-order valence-electron chi connectivity index (χ1n) is 8.37. The Labute approximate surface area is 172 Å². The van der Waals surface area contributed by atoms with Crippen molar-refractivity contribution in [1.82, 2.24) is 0 Å². The highest BCUT2D eigenvalue weighted by Gasteiger charge is 2.35. The van der Waals surface area contributed by atoms with Crippen LogP contribution < -0.4 is 0 Å². The first kappa shape index (κ1) is 19.2. The molecule has 0 heterocycles. The predicted molar refractivity (Wildman–Crippen MR) is 109 cm³/mol. The summed E-state index contributed by atoms with van der Waals surface area (Å²) in [6, 6.07) is 12.3. The predicted octanol–water partition coefficient (Wildman–Crippen LogP) is 5.21. The summed E-state index contributed by atoms with van der Waals surface area (Å²) >= 11 is 5.99. The molecule has 30 heavy (non-hydrogen) atoms. The number of nitro groups is 3. The number of hydrogen-bond acceptors (Lipinski definition) is 7. The number of rotatable bonds is 4. The Kier molecular flexibility index (Phi) is 4.47. The highest BCUT2D eigenvalue weighted by Crippen LogP contribution is 2.46. The Balaban J connectivity index is 2.09. The van der Waals surface area contributed by atoms with Crippen molar-refractivity contribution >= 4 is 40.1 Å². The van der Waals surface area contributed by atoms with Gasteiger partial charge in [0.05, 0.1) is 37.8 Å². The van der Waals surface area contributed by atoms with E-state index in [0.717, 1.165) is 6.07 Å². The Morgan fingerprint density at radius 1 is 0.733 bits per heavy atom. The molecule has 0 saturated heterocycles. The van der Waals surface area contributed by atoms with E-state index in [1.54, 1.807) is 18.2 Å². The molecule has 0 aliphatic heterocycles. The zero-order chi connectivity index (χ0) is 21.6. The molecule has 0 aromatic heterocycles. The van der Waals surface area contributed by atoms with Crippen molar-refractivity contribution in [3.63, 3.8) is 0 Å². The summed E-state index contributed by atoms with van der Waals surface area (Å²) in [7, 11) is 0. The van der Waals surface area contributed by atoms with Crippen LogP contribution in [0.15, 0.2) is 59.6 Å². The quantitative estimate of drug-likeness (QED) is 0.325. The summed E-state index contributed by atoms with van der Waals surface area (Å²) in [5.41, 5.74) is 0.197. The maximum atomic E-state index is 11.6. The van der Waals surface area contributed by atoms with Crippen LogP contribution in [0.1, 0.15) is 11.1 Å². The number of non-ortho nitro benzene ring substituents is 2. The SMILES string of the molecule is O=[N+]([O-])c1ccc2c(c1)/C(=N\c1cccc(Cl)c1)c1cc([N+](=O)[O-])cc([N+](=O)[O-])c1-2. The third kappa shape index (κ3) is 3.14. The molecule has 4 rings (SSSR count). The average Bonchev–Trinajstić information content (AvgIpc) is 3.00. The Hall–Kier alpha value is -4.18. The Bertz CT molecular complexity index is 1300. The van der Waals surface area contributed by atoms with Crippen LogP contribution in [0.2, 0.25) is 5.02 Å². The zero-order valence-corrected chi connectivity index (χ0v) is 15.6. The van der Waals surface area contributed by atoms with Gasteiger partial charge in [-0.3, -0.25) is 30.3 Å². The number of nitrogens with zero attached hydrogens (tertiary/aromatic N) is 4. The minimum Gasteiger partial charge on any atom is -0.258 e. The second kappa shape index (κ2) is 7.01. The van der Waals surface area contributed by atoms with Crippen LogP contribution in [0, 0.1) is 30.3 Å². The largest absolute Gasteiger partial charge is 0.284 e. The number of halogens is 1. The smallest absolute Gasteiger partial charge is 0.258 e. The van der Waals surface area contributed by atoms with E-state index >= 15 is 0 Å². The van der Waals surface area contributed by atoms with Crippen LogP contribution in [0.25, 0.3) is 11.1 Å². The number of fused-ring (bicyclic) bond motifs is 3. The molecule has 0 atom stereocenters. The maximum Gasteiger partial charge on any atom is 0.284 e. The number of nitro benzene ring substituents is 3. The van der Waals surface area contributed by atoms with Gasteiger partial charge in [0.25, 0.3) is 17.1 Å². The Morgan fingerprint density at radius 3 is 2.07 bits per heavy atom. The first-order chi connectivity index (χ1) is 14.3.